The molecule has 4 nitrogen and oxygen atoms in total. The zero-order chi connectivity index (χ0) is 12.3. The molecule has 0 saturated carbocycles. The van der Waals surface area contributed by atoms with Crippen LogP contribution >= 0.6 is 0 Å². The fourth-order valence-corrected chi connectivity index (χ4v) is 1.44. The molecule has 4 heteroatoms. The van der Waals surface area contributed by atoms with Gasteiger partial charge in [-0.2, -0.15) is 0 Å². The average molecular weight is 227 g/mol. The van der Waals surface area contributed by atoms with Gasteiger partial charge in [0, 0.05) is 11.3 Å². The van der Waals surface area contributed by atoms with E-state index in [1.807, 2.05) is 12.1 Å². The fourth-order valence-electron chi connectivity index (χ4n) is 1.44. The molecule has 0 radical (unpaired) electrons. The number of rotatable bonds is 3. The Hall–Kier alpha value is -2.36. The van der Waals surface area contributed by atoms with Crippen molar-refractivity contribution >= 4 is 23.0 Å². The van der Waals surface area contributed by atoms with Crippen molar-refractivity contribution in [1.29, 1.82) is 0 Å². The predicted octanol–water partition coefficient (Wildman–Crippen LogP) is 2.61. The molecule has 0 bridgehead atoms. The Labute approximate surface area is 99.5 Å². The number of hydrogen-bond donors (Lipinski definition) is 2. The van der Waals surface area contributed by atoms with Gasteiger partial charge in [0.1, 0.15) is 5.82 Å². The first-order valence-corrected chi connectivity index (χ1v) is 5.25. The van der Waals surface area contributed by atoms with E-state index >= 15 is 0 Å². The molecule has 0 aliphatic heterocycles. The first-order chi connectivity index (χ1) is 8.15. The number of carbonyl (C=O) groups is 1. The van der Waals surface area contributed by atoms with E-state index in [1.165, 1.54) is 0 Å². The van der Waals surface area contributed by atoms with Gasteiger partial charge in [-0.05, 0) is 31.2 Å². The molecule has 0 saturated heterocycles. The SMILES string of the molecule is CC(=O)c1cccc(Nc2ccc(N)cn2)c1. The van der Waals surface area contributed by atoms with Gasteiger partial charge < -0.3 is 11.1 Å². The molecule has 0 aliphatic carbocycles. The lowest BCUT2D eigenvalue weighted by Gasteiger charge is -2.06. The molecule has 1 aromatic carbocycles. The molecule has 2 rings (SSSR count). The molecule has 0 aliphatic rings. The van der Waals surface area contributed by atoms with Crippen LogP contribution < -0.4 is 11.1 Å². The summed E-state index contributed by atoms with van der Waals surface area (Å²) in [7, 11) is 0. The Morgan fingerprint density at radius 2 is 2.12 bits per heavy atom. The maximum Gasteiger partial charge on any atom is 0.159 e. The van der Waals surface area contributed by atoms with Crippen molar-refractivity contribution in [2.24, 2.45) is 0 Å². The summed E-state index contributed by atoms with van der Waals surface area (Å²) in [5.41, 5.74) is 7.67. The van der Waals surface area contributed by atoms with Gasteiger partial charge in [-0.15, -0.1) is 0 Å². The first-order valence-electron chi connectivity index (χ1n) is 5.25. The quantitative estimate of drug-likeness (QED) is 0.791. The molecular weight excluding hydrogens is 214 g/mol. The second-order valence-electron chi connectivity index (χ2n) is 3.74. The summed E-state index contributed by atoms with van der Waals surface area (Å²) in [5.74, 6) is 0.735. The predicted molar refractivity (Wildman–Crippen MR) is 68.4 cm³/mol. The number of nitrogens with one attached hydrogen (secondary N) is 1. The van der Waals surface area contributed by atoms with Crippen molar-refractivity contribution in [3.63, 3.8) is 0 Å². The Balaban J connectivity index is 2.21. The highest BCUT2D eigenvalue weighted by atomic mass is 16.1. The number of ketones is 1. The average Bonchev–Trinajstić information content (AvgIpc) is 2.32. The van der Waals surface area contributed by atoms with Crippen LogP contribution in [0.2, 0.25) is 0 Å². The number of nitrogens with two attached hydrogens (primary N) is 1. The van der Waals surface area contributed by atoms with Gasteiger partial charge >= 0.3 is 0 Å². The van der Waals surface area contributed by atoms with Gasteiger partial charge in [0.15, 0.2) is 5.78 Å². The molecule has 0 atom stereocenters. The molecule has 2 aromatic rings. The van der Waals surface area contributed by atoms with Gasteiger partial charge in [-0.25, -0.2) is 4.98 Å². The fraction of sp³-hybridized carbons (Fsp3) is 0.0769. The van der Waals surface area contributed by atoms with Crippen molar-refractivity contribution < 1.29 is 4.79 Å². The first kappa shape index (κ1) is 11.1. The molecule has 17 heavy (non-hydrogen) atoms. The van der Waals surface area contributed by atoms with Crippen LogP contribution in [-0.4, -0.2) is 10.8 Å². The highest BCUT2D eigenvalue weighted by molar-refractivity contribution is 5.95. The van der Waals surface area contributed by atoms with E-state index in [9.17, 15) is 4.79 Å². The van der Waals surface area contributed by atoms with Crippen LogP contribution in [0.3, 0.4) is 0 Å². The standard InChI is InChI=1S/C13H13N3O/c1-9(17)10-3-2-4-12(7-10)16-13-6-5-11(14)8-15-13/h2-8H,14H2,1H3,(H,15,16). The van der Waals surface area contributed by atoms with Gasteiger partial charge in [-0.1, -0.05) is 12.1 Å². The Bertz CT molecular complexity index is 535. The van der Waals surface area contributed by atoms with E-state index in [0.717, 1.165) is 5.69 Å². The maximum atomic E-state index is 11.2. The number of Topliss-reactive ketones (excluding diaryl/α,β-unsaturated/α-hetero) is 1. The van der Waals surface area contributed by atoms with Crippen LogP contribution in [0, 0.1) is 0 Å². The summed E-state index contributed by atoms with van der Waals surface area (Å²) in [4.78, 5) is 15.4. The summed E-state index contributed by atoms with van der Waals surface area (Å²) >= 11 is 0. The lowest BCUT2D eigenvalue weighted by Crippen LogP contribution is -1.97. The number of nitrogens with zero attached hydrogens (tertiary/aromatic N) is 1. The number of carbonyl (C=O) groups excluding carboxylic acids is 1. The number of nitrogen functional groups attached to an aromatic ring is 1. The lowest BCUT2D eigenvalue weighted by atomic mass is 10.1. The third-order valence-corrected chi connectivity index (χ3v) is 2.33. The van der Waals surface area contributed by atoms with Gasteiger partial charge in [-0.3, -0.25) is 4.79 Å². The zero-order valence-electron chi connectivity index (χ0n) is 9.47. The highest BCUT2D eigenvalue weighted by Crippen LogP contribution is 2.16. The highest BCUT2D eigenvalue weighted by Gasteiger charge is 2.01. The van der Waals surface area contributed by atoms with Gasteiger partial charge in [0.05, 0.1) is 11.9 Å². The number of hydrogen-bond acceptors (Lipinski definition) is 4. The molecule has 1 heterocycles. The summed E-state index contributed by atoms with van der Waals surface area (Å²) < 4.78 is 0. The van der Waals surface area contributed by atoms with Crippen LogP contribution in [0.25, 0.3) is 0 Å². The van der Waals surface area contributed by atoms with Crippen molar-refractivity contribution in [2.75, 3.05) is 11.1 Å². The largest absolute Gasteiger partial charge is 0.397 e. The van der Waals surface area contributed by atoms with Crippen molar-refractivity contribution in [3.8, 4) is 0 Å². The van der Waals surface area contributed by atoms with Crippen molar-refractivity contribution in [3.05, 3.63) is 48.2 Å². The molecular formula is C13H13N3O. The lowest BCUT2D eigenvalue weighted by molar-refractivity contribution is 0.101. The number of benzene rings is 1. The summed E-state index contributed by atoms with van der Waals surface area (Å²) in [5, 5.41) is 3.11. The van der Waals surface area contributed by atoms with Crippen LogP contribution in [0.5, 0.6) is 0 Å². The van der Waals surface area contributed by atoms with Gasteiger partial charge in [0.25, 0.3) is 0 Å². The van der Waals surface area contributed by atoms with E-state index in [-0.39, 0.29) is 5.78 Å². The normalized spacial score (nSPS) is 9.94. The van der Waals surface area contributed by atoms with Crippen LogP contribution in [0.15, 0.2) is 42.6 Å². The van der Waals surface area contributed by atoms with Crippen LogP contribution in [-0.2, 0) is 0 Å². The minimum atomic E-state index is 0.0407. The Kier molecular flexibility index (Phi) is 3.05. The zero-order valence-corrected chi connectivity index (χ0v) is 9.47. The maximum absolute atomic E-state index is 11.2. The minimum absolute atomic E-state index is 0.0407. The van der Waals surface area contributed by atoms with Crippen molar-refractivity contribution in [1.82, 2.24) is 4.98 Å². The smallest absolute Gasteiger partial charge is 0.159 e. The summed E-state index contributed by atoms with van der Waals surface area (Å²) in [6, 6.07) is 10.8. The summed E-state index contributed by atoms with van der Waals surface area (Å²) in [6.45, 7) is 1.54. The Morgan fingerprint density at radius 3 is 2.76 bits per heavy atom. The van der Waals surface area contributed by atoms with E-state index in [4.69, 9.17) is 5.73 Å². The van der Waals surface area contributed by atoms with Crippen LogP contribution in [0.4, 0.5) is 17.2 Å². The van der Waals surface area contributed by atoms with Crippen LogP contribution in [0.1, 0.15) is 17.3 Å². The van der Waals surface area contributed by atoms with E-state index in [2.05, 4.69) is 10.3 Å². The Morgan fingerprint density at radius 1 is 1.29 bits per heavy atom. The van der Waals surface area contributed by atoms with E-state index < -0.39 is 0 Å². The third kappa shape index (κ3) is 2.81. The minimum Gasteiger partial charge on any atom is -0.397 e. The number of pyridine rings is 1. The number of anilines is 3. The molecule has 0 unspecified atom stereocenters. The molecule has 86 valence electrons. The molecule has 0 spiro atoms. The molecule has 0 amide bonds. The van der Waals surface area contributed by atoms with Crippen molar-refractivity contribution in [2.45, 2.75) is 6.92 Å². The molecule has 1 aromatic heterocycles. The van der Waals surface area contributed by atoms with E-state index in [1.54, 1.807) is 37.4 Å². The number of aromatic nitrogens is 1. The topological polar surface area (TPSA) is 68.0 Å². The molecule has 3 N–H and O–H groups in total. The second kappa shape index (κ2) is 4.65. The monoisotopic (exact) mass is 227 g/mol. The molecule has 0 fully saturated rings. The summed E-state index contributed by atoms with van der Waals surface area (Å²) in [6.07, 6.45) is 1.58. The second-order valence-corrected chi connectivity index (χ2v) is 3.74. The van der Waals surface area contributed by atoms with E-state index in [0.29, 0.717) is 17.1 Å². The van der Waals surface area contributed by atoms with Gasteiger partial charge in [0.2, 0.25) is 0 Å². The third-order valence-electron chi connectivity index (χ3n) is 2.33.